The number of hydrogen-bond donors (Lipinski definition) is 1. The summed E-state index contributed by atoms with van der Waals surface area (Å²) in [5, 5.41) is 11.2. The van der Waals surface area contributed by atoms with Gasteiger partial charge in [0.05, 0.1) is 12.1 Å². The van der Waals surface area contributed by atoms with Crippen molar-refractivity contribution in [2.75, 3.05) is 7.11 Å². The van der Waals surface area contributed by atoms with Crippen LogP contribution >= 0.6 is 34.8 Å². The molecule has 0 aromatic rings. The first-order valence-electron chi connectivity index (χ1n) is 6.33. The fourth-order valence-electron chi connectivity index (χ4n) is 2.07. The van der Waals surface area contributed by atoms with Crippen LogP contribution < -0.4 is 0 Å². The van der Waals surface area contributed by atoms with Gasteiger partial charge in [-0.05, 0) is 12.5 Å². The Hall–Kier alpha value is -0.960. The largest absolute Gasteiger partial charge is 0.453 e. The maximum absolute atomic E-state index is 11.3. The van der Waals surface area contributed by atoms with Crippen LogP contribution in [0.2, 0.25) is 0 Å². The van der Waals surface area contributed by atoms with Gasteiger partial charge in [0.2, 0.25) is 12.2 Å². The number of carbonyl (C=O) groups excluding carboxylic acids is 1. The van der Waals surface area contributed by atoms with Gasteiger partial charge < -0.3 is 18.9 Å². The van der Waals surface area contributed by atoms with Crippen LogP contribution in [0.5, 0.6) is 0 Å². The van der Waals surface area contributed by atoms with Crippen molar-refractivity contribution in [3.63, 3.8) is 0 Å². The SMILES string of the molecule is CO[C@H]1[C@H](N=[N+]=[N-])[C@@H](C)OC(OC(=N)C(Cl)(Cl)Cl)[C@@H]1OC(C)=O. The summed E-state index contributed by atoms with van der Waals surface area (Å²) in [4.78, 5) is 14.0. The van der Waals surface area contributed by atoms with E-state index in [4.69, 9.17) is 64.7 Å². The van der Waals surface area contributed by atoms with E-state index in [0.29, 0.717) is 0 Å². The third-order valence-corrected chi connectivity index (χ3v) is 3.52. The molecule has 12 heteroatoms. The second-order valence-corrected chi connectivity index (χ2v) is 6.91. The zero-order valence-corrected chi connectivity index (χ0v) is 14.7. The van der Waals surface area contributed by atoms with Gasteiger partial charge in [-0.15, -0.1) is 0 Å². The minimum Gasteiger partial charge on any atom is -0.453 e. The summed E-state index contributed by atoms with van der Waals surface area (Å²) in [6, 6.07) is -0.781. The molecule has 0 radical (unpaired) electrons. The number of alkyl halides is 3. The highest BCUT2D eigenvalue weighted by Crippen LogP contribution is 2.33. The van der Waals surface area contributed by atoms with Crippen LogP contribution in [0.15, 0.2) is 5.11 Å². The molecule has 23 heavy (non-hydrogen) atoms. The second-order valence-electron chi connectivity index (χ2n) is 4.62. The molecule has 0 aromatic heterocycles. The quantitative estimate of drug-likeness (QED) is 0.150. The van der Waals surface area contributed by atoms with Crippen molar-refractivity contribution < 1.29 is 23.7 Å². The summed E-state index contributed by atoms with van der Waals surface area (Å²) in [5.74, 6) is -1.36. The summed E-state index contributed by atoms with van der Waals surface area (Å²) >= 11 is 16.7. The number of nitrogens with zero attached hydrogens (tertiary/aromatic N) is 3. The molecule has 0 spiro atoms. The van der Waals surface area contributed by atoms with Crippen molar-refractivity contribution in [2.24, 2.45) is 5.11 Å². The normalized spacial score (nSPS) is 31.0. The van der Waals surface area contributed by atoms with Crippen LogP contribution in [0.3, 0.4) is 0 Å². The maximum Gasteiger partial charge on any atom is 0.303 e. The third-order valence-electron chi connectivity index (χ3n) is 3.01. The second kappa shape index (κ2) is 8.23. The molecule has 0 aliphatic carbocycles. The molecule has 1 N–H and O–H groups in total. The van der Waals surface area contributed by atoms with Gasteiger partial charge in [0.15, 0.2) is 6.10 Å². The van der Waals surface area contributed by atoms with Crippen molar-refractivity contribution in [3.05, 3.63) is 10.4 Å². The van der Waals surface area contributed by atoms with E-state index in [1.807, 2.05) is 0 Å². The molecule has 0 aromatic carbocycles. The molecule has 1 aliphatic heterocycles. The van der Waals surface area contributed by atoms with E-state index in [1.54, 1.807) is 6.92 Å². The van der Waals surface area contributed by atoms with E-state index in [0.717, 1.165) is 0 Å². The molecule has 1 unspecified atom stereocenters. The molecule has 1 rings (SSSR count). The summed E-state index contributed by atoms with van der Waals surface area (Å²) < 4.78 is 18.9. The Kier molecular flexibility index (Phi) is 7.19. The Morgan fingerprint density at radius 2 is 1.96 bits per heavy atom. The van der Waals surface area contributed by atoms with Crippen molar-refractivity contribution in [3.8, 4) is 0 Å². The smallest absolute Gasteiger partial charge is 0.303 e. The van der Waals surface area contributed by atoms with E-state index in [1.165, 1.54) is 14.0 Å². The minimum atomic E-state index is -2.11. The highest BCUT2D eigenvalue weighted by molar-refractivity contribution is 6.76. The first kappa shape index (κ1) is 20.1. The van der Waals surface area contributed by atoms with Crippen LogP contribution in [0.4, 0.5) is 0 Å². The number of ether oxygens (including phenoxy) is 4. The predicted molar refractivity (Wildman–Crippen MR) is 82.7 cm³/mol. The number of esters is 1. The Labute approximate surface area is 147 Å². The third kappa shape index (κ3) is 5.27. The van der Waals surface area contributed by atoms with Crippen LogP contribution in [0.1, 0.15) is 13.8 Å². The van der Waals surface area contributed by atoms with Gasteiger partial charge >= 0.3 is 5.97 Å². The number of carbonyl (C=O) groups is 1. The van der Waals surface area contributed by atoms with Gasteiger partial charge in [-0.2, -0.15) is 0 Å². The lowest BCUT2D eigenvalue weighted by Gasteiger charge is -2.42. The lowest BCUT2D eigenvalue weighted by atomic mass is 9.97. The van der Waals surface area contributed by atoms with Crippen molar-refractivity contribution in [2.45, 2.75) is 48.3 Å². The standard InChI is InChI=1S/C11H15Cl3N4O5/c1-4-6(17-18-16)7(20-3)8(22-5(2)19)9(21-4)23-10(15)11(12,13)14/h4,6-9,15H,1-3H3/t4-,6-,7+,8-,9?/m1/s1. The number of hydrogen-bond acceptors (Lipinski definition) is 7. The number of methoxy groups -OCH3 is 1. The molecule has 9 nitrogen and oxygen atoms in total. The highest BCUT2D eigenvalue weighted by atomic mass is 35.6. The zero-order valence-electron chi connectivity index (χ0n) is 12.4. The fourth-order valence-corrected chi connectivity index (χ4v) is 2.20. The number of rotatable bonds is 4. The predicted octanol–water partition coefficient (Wildman–Crippen LogP) is 2.72. The molecule has 0 bridgehead atoms. The summed E-state index contributed by atoms with van der Waals surface area (Å²) in [6.07, 6.45) is -3.92. The Bertz CT molecular complexity index is 508. The summed E-state index contributed by atoms with van der Waals surface area (Å²) in [6.45, 7) is 2.77. The first-order chi connectivity index (χ1) is 10.6. The average Bonchev–Trinajstić information content (AvgIpc) is 2.42. The van der Waals surface area contributed by atoms with Gasteiger partial charge in [0.25, 0.3) is 3.79 Å². The Morgan fingerprint density at radius 1 is 1.35 bits per heavy atom. The fraction of sp³-hybridized carbons (Fsp3) is 0.818. The molecule has 130 valence electrons. The van der Waals surface area contributed by atoms with Crippen molar-refractivity contribution >= 4 is 46.7 Å². The van der Waals surface area contributed by atoms with Gasteiger partial charge in [-0.1, -0.05) is 39.9 Å². The van der Waals surface area contributed by atoms with E-state index in [-0.39, 0.29) is 0 Å². The molecular weight excluding hydrogens is 375 g/mol. The zero-order chi connectivity index (χ0) is 17.8. The van der Waals surface area contributed by atoms with Crippen LogP contribution in [0, 0.1) is 5.41 Å². The lowest BCUT2D eigenvalue weighted by molar-refractivity contribution is -0.255. The summed E-state index contributed by atoms with van der Waals surface area (Å²) in [7, 11) is 1.34. The maximum atomic E-state index is 11.3. The highest BCUT2D eigenvalue weighted by Gasteiger charge is 2.49. The molecule has 0 amide bonds. The van der Waals surface area contributed by atoms with Gasteiger partial charge in [0.1, 0.15) is 6.10 Å². The van der Waals surface area contributed by atoms with Crippen LogP contribution in [-0.4, -0.2) is 53.4 Å². The number of azide groups is 1. The number of nitrogens with one attached hydrogen (secondary N) is 1. The number of halogens is 3. The Balaban J connectivity index is 3.09. The molecule has 1 saturated heterocycles. The topological polar surface area (TPSA) is 127 Å². The van der Waals surface area contributed by atoms with Gasteiger partial charge in [-0.3, -0.25) is 10.2 Å². The van der Waals surface area contributed by atoms with Crippen LogP contribution in [-0.2, 0) is 23.7 Å². The Morgan fingerprint density at radius 3 is 2.39 bits per heavy atom. The molecule has 5 atom stereocenters. The van der Waals surface area contributed by atoms with E-state index in [2.05, 4.69) is 10.0 Å². The van der Waals surface area contributed by atoms with Gasteiger partial charge in [-0.25, -0.2) is 0 Å². The van der Waals surface area contributed by atoms with E-state index >= 15 is 0 Å². The average molecular weight is 390 g/mol. The minimum absolute atomic E-state index is 0.649. The molecule has 1 heterocycles. The molecule has 0 saturated carbocycles. The van der Waals surface area contributed by atoms with Crippen molar-refractivity contribution in [1.82, 2.24) is 0 Å². The van der Waals surface area contributed by atoms with Crippen LogP contribution in [0.25, 0.3) is 10.4 Å². The van der Waals surface area contributed by atoms with E-state index in [9.17, 15) is 4.79 Å². The summed E-state index contributed by atoms with van der Waals surface area (Å²) in [5.41, 5.74) is 8.66. The first-order valence-corrected chi connectivity index (χ1v) is 7.47. The molecule has 1 aliphatic rings. The molecule has 1 fully saturated rings. The van der Waals surface area contributed by atoms with Crippen molar-refractivity contribution in [1.29, 1.82) is 5.41 Å². The van der Waals surface area contributed by atoms with E-state index < -0.39 is 46.3 Å². The lowest BCUT2D eigenvalue weighted by Crippen LogP contribution is -2.59. The monoisotopic (exact) mass is 388 g/mol. The molecular formula is C11H15Cl3N4O5. The van der Waals surface area contributed by atoms with Gasteiger partial charge in [0, 0.05) is 18.9 Å².